The van der Waals surface area contributed by atoms with Crippen LogP contribution in [0.15, 0.2) is 48.5 Å². The molecule has 0 spiro atoms. The molecule has 1 aliphatic rings. The average molecular weight is 402 g/mol. The minimum Gasteiger partial charge on any atom is -0.450 e. The van der Waals surface area contributed by atoms with Crippen LogP contribution in [0.2, 0.25) is 0 Å². The summed E-state index contributed by atoms with van der Waals surface area (Å²) in [6.07, 6.45) is -0.266. The Hall–Kier alpha value is -3.20. The van der Waals surface area contributed by atoms with Crippen LogP contribution in [-0.4, -0.2) is 48.7 Å². The molecule has 1 heterocycles. The predicted molar refractivity (Wildman–Crippen MR) is 106 cm³/mol. The van der Waals surface area contributed by atoms with Crippen LogP contribution in [0.4, 0.5) is 20.6 Å². The second-order valence-electron chi connectivity index (χ2n) is 6.82. The van der Waals surface area contributed by atoms with E-state index in [2.05, 4.69) is 9.80 Å². The Kier molecular flexibility index (Phi) is 6.61. The molecule has 29 heavy (non-hydrogen) atoms. The first-order chi connectivity index (χ1) is 13.9. The maximum Gasteiger partial charge on any atom is 0.404 e. The number of halogens is 1. The fourth-order valence-corrected chi connectivity index (χ4v) is 3.59. The van der Waals surface area contributed by atoms with E-state index < -0.39 is 11.0 Å². The zero-order chi connectivity index (χ0) is 20.8. The van der Waals surface area contributed by atoms with Crippen LogP contribution in [-0.2, 0) is 4.74 Å². The summed E-state index contributed by atoms with van der Waals surface area (Å²) in [4.78, 5) is 25.7. The third-order valence-corrected chi connectivity index (χ3v) is 5.07. The Labute approximate surface area is 167 Å². The molecule has 1 saturated heterocycles. The molecule has 2 aromatic rings. The van der Waals surface area contributed by atoms with Crippen LogP contribution in [0.25, 0.3) is 0 Å². The number of ether oxygens (including phenoxy) is 1. The van der Waals surface area contributed by atoms with Crippen LogP contribution in [0.5, 0.6) is 0 Å². The molecule has 0 saturated carbocycles. The van der Waals surface area contributed by atoms with Crippen LogP contribution in [0.3, 0.4) is 0 Å². The Morgan fingerprint density at radius 1 is 1.10 bits per heavy atom. The number of non-ortho nitro benzene ring substituents is 1. The molecule has 0 bridgehead atoms. The normalized spacial score (nSPS) is 15.7. The summed E-state index contributed by atoms with van der Waals surface area (Å²) in [6, 6.07) is 12.8. The first-order valence-electron chi connectivity index (χ1n) is 9.35. The van der Waals surface area contributed by atoms with Crippen molar-refractivity contribution in [3.05, 3.63) is 70.0 Å². The minimum absolute atomic E-state index is 0.0334. The molecule has 9 heteroatoms. The van der Waals surface area contributed by atoms with Crippen molar-refractivity contribution < 1.29 is 18.8 Å². The Balaban J connectivity index is 1.66. The highest BCUT2D eigenvalue weighted by atomic mass is 19.1. The molecule has 1 fully saturated rings. The Morgan fingerprint density at radius 3 is 2.28 bits per heavy atom. The topological polar surface area (TPSA) is 102 Å². The molecule has 2 aromatic carbocycles. The monoisotopic (exact) mass is 402 g/mol. The molecule has 3 rings (SSSR count). The molecule has 0 aromatic heterocycles. The average Bonchev–Trinajstić information content (AvgIpc) is 2.72. The predicted octanol–water partition coefficient (Wildman–Crippen LogP) is 3.08. The molecule has 1 atom stereocenters. The van der Waals surface area contributed by atoms with E-state index >= 15 is 0 Å². The first kappa shape index (κ1) is 20.5. The number of anilines is 1. The Morgan fingerprint density at radius 2 is 1.72 bits per heavy atom. The summed E-state index contributed by atoms with van der Waals surface area (Å²) in [5.74, 6) is -0.302. The van der Waals surface area contributed by atoms with Crippen molar-refractivity contribution in [2.24, 2.45) is 5.73 Å². The van der Waals surface area contributed by atoms with Gasteiger partial charge in [0, 0.05) is 56.5 Å². The first-order valence-corrected chi connectivity index (χ1v) is 9.35. The second kappa shape index (κ2) is 9.33. The number of nitro benzene ring substituents is 1. The van der Waals surface area contributed by atoms with E-state index in [-0.39, 0.29) is 24.2 Å². The zero-order valence-electron chi connectivity index (χ0n) is 15.9. The lowest BCUT2D eigenvalue weighted by Crippen LogP contribution is -2.48. The molecular formula is C20H23FN4O4. The van der Waals surface area contributed by atoms with Gasteiger partial charge in [0.15, 0.2) is 0 Å². The van der Waals surface area contributed by atoms with Gasteiger partial charge in [-0.1, -0.05) is 12.1 Å². The van der Waals surface area contributed by atoms with Gasteiger partial charge in [-0.05, 0) is 29.8 Å². The lowest BCUT2D eigenvalue weighted by atomic mass is 10.0. The minimum atomic E-state index is -0.814. The van der Waals surface area contributed by atoms with Crippen molar-refractivity contribution in [2.45, 2.75) is 12.5 Å². The van der Waals surface area contributed by atoms with Gasteiger partial charge in [-0.3, -0.25) is 15.0 Å². The summed E-state index contributed by atoms with van der Waals surface area (Å²) in [5.41, 5.74) is 7.01. The number of carbonyl (C=O) groups is 1. The van der Waals surface area contributed by atoms with E-state index in [1.807, 2.05) is 0 Å². The van der Waals surface area contributed by atoms with E-state index in [9.17, 15) is 19.3 Å². The van der Waals surface area contributed by atoms with Crippen LogP contribution in [0, 0.1) is 15.9 Å². The van der Waals surface area contributed by atoms with Crippen LogP contribution >= 0.6 is 0 Å². The van der Waals surface area contributed by atoms with Gasteiger partial charge >= 0.3 is 6.09 Å². The van der Waals surface area contributed by atoms with Gasteiger partial charge < -0.3 is 15.4 Å². The molecule has 154 valence electrons. The highest BCUT2D eigenvalue weighted by Gasteiger charge is 2.25. The third kappa shape index (κ3) is 5.41. The number of nitrogens with two attached hydrogens (primary N) is 1. The molecule has 8 nitrogen and oxygen atoms in total. The molecule has 1 aliphatic heterocycles. The number of carbonyl (C=O) groups excluding carboxylic acids is 1. The summed E-state index contributed by atoms with van der Waals surface area (Å²) in [5, 5.41) is 10.8. The molecule has 1 amide bonds. The van der Waals surface area contributed by atoms with Crippen molar-refractivity contribution in [1.82, 2.24) is 4.90 Å². The second-order valence-corrected chi connectivity index (χ2v) is 6.82. The lowest BCUT2D eigenvalue weighted by molar-refractivity contribution is -0.384. The molecule has 1 unspecified atom stereocenters. The summed E-state index contributed by atoms with van der Waals surface area (Å²) in [7, 11) is 0. The highest BCUT2D eigenvalue weighted by molar-refractivity contribution is 5.64. The van der Waals surface area contributed by atoms with Gasteiger partial charge in [-0.15, -0.1) is 0 Å². The van der Waals surface area contributed by atoms with Crippen molar-refractivity contribution in [3.8, 4) is 0 Å². The molecule has 0 aliphatic carbocycles. The van der Waals surface area contributed by atoms with E-state index in [4.69, 9.17) is 10.5 Å². The number of hydrogen-bond donors (Lipinski definition) is 1. The quantitative estimate of drug-likeness (QED) is 0.564. The highest BCUT2D eigenvalue weighted by Crippen LogP contribution is 2.28. The van der Waals surface area contributed by atoms with Crippen molar-refractivity contribution >= 4 is 17.5 Å². The number of amides is 1. The van der Waals surface area contributed by atoms with Crippen molar-refractivity contribution in [2.75, 3.05) is 37.7 Å². The standard InChI is InChI=1S/C20H23FN4O4/c21-16-3-1-15(2-4-16)19(9-14-29-20(22)26)24-12-10-23(11-13-24)17-5-7-18(8-6-17)25(27)28/h1-8,19H,9-14H2,(H2,22,26). The fraction of sp³-hybridized carbons (Fsp3) is 0.350. The van der Waals surface area contributed by atoms with Gasteiger partial charge in [0.25, 0.3) is 5.69 Å². The third-order valence-electron chi connectivity index (χ3n) is 5.07. The van der Waals surface area contributed by atoms with Gasteiger partial charge in [-0.25, -0.2) is 9.18 Å². The number of benzene rings is 2. The largest absolute Gasteiger partial charge is 0.450 e. The molecule has 0 radical (unpaired) electrons. The number of rotatable bonds is 7. The number of piperazine rings is 1. The number of nitrogens with zero attached hydrogens (tertiary/aromatic N) is 3. The summed E-state index contributed by atoms with van der Waals surface area (Å²) in [6.45, 7) is 3.16. The maximum absolute atomic E-state index is 13.3. The van der Waals surface area contributed by atoms with E-state index in [0.717, 1.165) is 37.4 Å². The van der Waals surface area contributed by atoms with Gasteiger partial charge in [0.2, 0.25) is 0 Å². The summed E-state index contributed by atoms with van der Waals surface area (Å²) < 4.78 is 18.2. The number of primary amides is 1. The van der Waals surface area contributed by atoms with Gasteiger partial charge in [-0.2, -0.15) is 0 Å². The zero-order valence-corrected chi connectivity index (χ0v) is 15.9. The number of nitro groups is 1. The molecular weight excluding hydrogens is 379 g/mol. The SMILES string of the molecule is NC(=O)OCCC(c1ccc(F)cc1)N1CCN(c2ccc([N+](=O)[O-])cc2)CC1. The smallest absolute Gasteiger partial charge is 0.404 e. The fourth-order valence-electron chi connectivity index (χ4n) is 3.59. The van der Waals surface area contributed by atoms with E-state index in [1.54, 1.807) is 24.3 Å². The van der Waals surface area contributed by atoms with E-state index in [0.29, 0.717) is 6.42 Å². The van der Waals surface area contributed by atoms with Crippen molar-refractivity contribution in [3.63, 3.8) is 0 Å². The van der Waals surface area contributed by atoms with Gasteiger partial charge in [0.05, 0.1) is 11.5 Å². The summed E-state index contributed by atoms with van der Waals surface area (Å²) >= 11 is 0. The Bertz CT molecular complexity index is 837. The number of hydrogen-bond acceptors (Lipinski definition) is 6. The maximum atomic E-state index is 13.3. The molecule has 2 N–H and O–H groups in total. The van der Waals surface area contributed by atoms with E-state index in [1.165, 1.54) is 24.3 Å². The van der Waals surface area contributed by atoms with Crippen LogP contribution in [0.1, 0.15) is 18.0 Å². The van der Waals surface area contributed by atoms with Crippen molar-refractivity contribution in [1.29, 1.82) is 0 Å². The van der Waals surface area contributed by atoms with Gasteiger partial charge in [0.1, 0.15) is 5.82 Å². The lowest BCUT2D eigenvalue weighted by Gasteiger charge is -2.40. The van der Waals surface area contributed by atoms with Crippen LogP contribution < -0.4 is 10.6 Å².